The topological polar surface area (TPSA) is 32.3 Å². The Labute approximate surface area is 114 Å². The van der Waals surface area contributed by atoms with E-state index in [1.54, 1.807) is 12.1 Å². The Morgan fingerprint density at radius 2 is 2.35 bits per heavy atom. The second kappa shape index (κ2) is 5.38. The lowest BCUT2D eigenvalue weighted by atomic mass is 10.1. The highest BCUT2D eigenvalue weighted by Crippen LogP contribution is 2.23. The highest BCUT2D eigenvalue weighted by atomic mass is 79.9. The third-order valence-corrected chi connectivity index (χ3v) is 3.62. The Morgan fingerprint density at radius 1 is 1.59 bits per heavy atom. The number of nitrogens with zero attached hydrogens (tertiary/aromatic N) is 1. The smallest absolute Gasteiger partial charge is 0.255 e. The molecule has 1 aliphatic heterocycles. The van der Waals surface area contributed by atoms with E-state index < -0.39 is 0 Å². The molecule has 1 atom stereocenters. The molecule has 0 bridgehead atoms. The molecule has 17 heavy (non-hydrogen) atoms. The molecule has 1 N–H and O–H groups in total. The third kappa shape index (κ3) is 3.00. The standard InChI is InChI=1S/C12H14BrClN2O/c1-8-7-16(5-4-15-8)12(17)10-3-2-9(13)6-11(10)14/h2-3,6,8,15H,4-5,7H2,1H3/t8-/m1/s1. The number of halogens is 2. The molecule has 1 fully saturated rings. The molecule has 5 heteroatoms. The highest BCUT2D eigenvalue weighted by molar-refractivity contribution is 9.10. The first-order valence-corrected chi connectivity index (χ1v) is 6.72. The van der Waals surface area contributed by atoms with Crippen LogP contribution in [0, 0.1) is 0 Å². The van der Waals surface area contributed by atoms with Crippen molar-refractivity contribution in [2.75, 3.05) is 19.6 Å². The van der Waals surface area contributed by atoms with Gasteiger partial charge in [0.05, 0.1) is 10.6 Å². The molecule has 0 aromatic heterocycles. The van der Waals surface area contributed by atoms with E-state index >= 15 is 0 Å². The molecule has 0 spiro atoms. The van der Waals surface area contributed by atoms with Crippen molar-refractivity contribution in [3.8, 4) is 0 Å². The van der Waals surface area contributed by atoms with Crippen LogP contribution in [0.4, 0.5) is 0 Å². The molecule has 2 rings (SSSR count). The predicted octanol–water partition coefficient (Wildman–Crippen LogP) is 2.54. The average Bonchev–Trinajstić information content (AvgIpc) is 2.28. The molecular formula is C12H14BrClN2O. The van der Waals surface area contributed by atoms with Crippen LogP contribution in [0.5, 0.6) is 0 Å². The van der Waals surface area contributed by atoms with Crippen LogP contribution < -0.4 is 5.32 Å². The normalized spacial score (nSPS) is 20.4. The fraction of sp³-hybridized carbons (Fsp3) is 0.417. The minimum atomic E-state index is 0.0100. The summed E-state index contributed by atoms with van der Waals surface area (Å²) in [5, 5.41) is 3.80. The zero-order valence-electron chi connectivity index (χ0n) is 9.54. The Morgan fingerprint density at radius 3 is 3.00 bits per heavy atom. The SMILES string of the molecule is C[C@@H]1CN(C(=O)c2ccc(Br)cc2Cl)CCN1. The number of hydrogen-bond donors (Lipinski definition) is 1. The lowest BCUT2D eigenvalue weighted by Crippen LogP contribution is -2.51. The molecule has 0 saturated carbocycles. The van der Waals surface area contributed by atoms with Gasteiger partial charge in [-0.25, -0.2) is 0 Å². The van der Waals surface area contributed by atoms with Crippen LogP contribution in [-0.4, -0.2) is 36.5 Å². The maximum absolute atomic E-state index is 12.3. The third-order valence-electron chi connectivity index (χ3n) is 2.82. The van der Waals surface area contributed by atoms with E-state index in [9.17, 15) is 4.79 Å². The van der Waals surface area contributed by atoms with Gasteiger partial charge in [0, 0.05) is 30.1 Å². The van der Waals surface area contributed by atoms with Crippen LogP contribution in [0.3, 0.4) is 0 Å². The van der Waals surface area contributed by atoms with Gasteiger partial charge >= 0.3 is 0 Å². The van der Waals surface area contributed by atoms with Crippen LogP contribution in [0.25, 0.3) is 0 Å². The van der Waals surface area contributed by atoms with E-state index in [2.05, 4.69) is 28.2 Å². The first kappa shape index (κ1) is 12.9. The Hall–Kier alpha value is -0.580. The van der Waals surface area contributed by atoms with E-state index in [0.717, 1.165) is 24.1 Å². The molecule has 0 aliphatic carbocycles. The number of hydrogen-bond acceptors (Lipinski definition) is 2. The second-order valence-electron chi connectivity index (χ2n) is 4.23. The monoisotopic (exact) mass is 316 g/mol. The lowest BCUT2D eigenvalue weighted by molar-refractivity contribution is 0.0709. The minimum absolute atomic E-state index is 0.0100. The number of piperazine rings is 1. The second-order valence-corrected chi connectivity index (χ2v) is 5.55. The number of amides is 1. The lowest BCUT2D eigenvalue weighted by Gasteiger charge is -2.32. The van der Waals surface area contributed by atoms with Gasteiger partial charge in [0.1, 0.15) is 0 Å². The summed E-state index contributed by atoms with van der Waals surface area (Å²) < 4.78 is 0.882. The molecule has 1 aromatic carbocycles. The van der Waals surface area contributed by atoms with Crippen LogP contribution >= 0.6 is 27.5 Å². The summed E-state index contributed by atoms with van der Waals surface area (Å²) in [6.45, 7) is 4.37. The van der Waals surface area contributed by atoms with Crippen molar-refractivity contribution < 1.29 is 4.79 Å². The van der Waals surface area contributed by atoms with Gasteiger partial charge in [0.15, 0.2) is 0 Å². The number of rotatable bonds is 1. The van der Waals surface area contributed by atoms with Crippen LogP contribution in [-0.2, 0) is 0 Å². The van der Waals surface area contributed by atoms with Gasteiger partial charge in [-0.2, -0.15) is 0 Å². The van der Waals surface area contributed by atoms with Crippen LogP contribution in [0.15, 0.2) is 22.7 Å². The van der Waals surface area contributed by atoms with Crippen molar-refractivity contribution in [2.24, 2.45) is 0 Å². The van der Waals surface area contributed by atoms with Gasteiger partial charge in [-0.15, -0.1) is 0 Å². The Kier molecular flexibility index (Phi) is 4.07. The van der Waals surface area contributed by atoms with Crippen molar-refractivity contribution in [1.29, 1.82) is 0 Å². The Balaban J connectivity index is 2.18. The average molecular weight is 318 g/mol. The van der Waals surface area contributed by atoms with E-state index in [0.29, 0.717) is 16.6 Å². The molecule has 1 saturated heterocycles. The van der Waals surface area contributed by atoms with Crippen LogP contribution in [0.1, 0.15) is 17.3 Å². The van der Waals surface area contributed by atoms with Gasteiger partial charge in [0.2, 0.25) is 0 Å². The quantitative estimate of drug-likeness (QED) is 0.863. The van der Waals surface area contributed by atoms with E-state index in [-0.39, 0.29) is 5.91 Å². The van der Waals surface area contributed by atoms with Gasteiger partial charge < -0.3 is 10.2 Å². The van der Waals surface area contributed by atoms with Crippen molar-refractivity contribution in [1.82, 2.24) is 10.2 Å². The summed E-state index contributed by atoms with van der Waals surface area (Å²) >= 11 is 9.42. The summed E-state index contributed by atoms with van der Waals surface area (Å²) in [4.78, 5) is 14.1. The number of benzene rings is 1. The summed E-state index contributed by atoms with van der Waals surface area (Å²) in [5.74, 6) is 0.0100. The van der Waals surface area contributed by atoms with Gasteiger partial charge in [-0.1, -0.05) is 27.5 Å². The van der Waals surface area contributed by atoms with Gasteiger partial charge in [-0.05, 0) is 25.1 Å². The van der Waals surface area contributed by atoms with Crippen LogP contribution in [0.2, 0.25) is 5.02 Å². The predicted molar refractivity (Wildman–Crippen MR) is 72.5 cm³/mol. The summed E-state index contributed by atoms with van der Waals surface area (Å²) in [6.07, 6.45) is 0. The molecule has 1 aromatic rings. The summed E-state index contributed by atoms with van der Waals surface area (Å²) in [7, 11) is 0. The van der Waals surface area contributed by atoms with Gasteiger partial charge in [0.25, 0.3) is 5.91 Å². The fourth-order valence-electron chi connectivity index (χ4n) is 1.95. The largest absolute Gasteiger partial charge is 0.336 e. The zero-order chi connectivity index (χ0) is 12.4. The molecule has 3 nitrogen and oxygen atoms in total. The first-order valence-electron chi connectivity index (χ1n) is 5.55. The Bertz CT molecular complexity index is 439. The molecule has 0 radical (unpaired) electrons. The maximum Gasteiger partial charge on any atom is 0.255 e. The molecule has 0 unspecified atom stereocenters. The molecule has 1 amide bonds. The molecule has 1 heterocycles. The minimum Gasteiger partial charge on any atom is -0.336 e. The fourth-order valence-corrected chi connectivity index (χ4v) is 2.70. The van der Waals surface area contributed by atoms with E-state index in [4.69, 9.17) is 11.6 Å². The molecule has 1 aliphatic rings. The van der Waals surface area contributed by atoms with E-state index in [1.165, 1.54) is 0 Å². The summed E-state index contributed by atoms with van der Waals surface area (Å²) in [5.41, 5.74) is 0.573. The van der Waals surface area contributed by atoms with Crippen molar-refractivity contribution in [3.63, 3.8) is 0 Å². The van der Waals surface area contributed by atoms with Crippen molar-refractivity contribution in [3.05, 3.63) is 33.3 Å². The van der Waals surface area contributed by atoms with Crippen molar-refractivity contribution in [2.45, 2.75) is 13.0 Å². The highest BCUT2D eigenvalue weighted by Gasteiger charge is 2.23. The summed E-state index contributed by atoms with van der Waals surface area (Å²) in [6, 6.07) is 5.69. The maximum atomic E-state index is 12.3. The number of carbonyl (C=O) groups is 1. The number of carbonyl (C=O) groups excluding carboxylic acids is 1. The van der Waals surface area contributed by atoms with Gasteiger partial charge in [-0.3, -0.25) is 4.79 Å². The van der Waals surface area contributed by atoms with Crippen molar-refractivity contribution >= 4 is 33.4 Å². The molecular weight excluding hydrogens is 304 g/mol. The first-order chi connectivity index (χ1) is 8.08. The zero-order valence-corrected chi connectivity index (χ0v) is 11.9. The molecule has 92 valence electrons. The van der Waals surface area contributed by atoms with E-state index in [1.807, 2.05) is 11.0 Å². The number of nitrogens with one attached hydrogen (secondary N) is 1.